The first-order valence-corrected chi connectivity index (χ1v) is 9.57. The van der Waals surface area contributed by atoms with E-state index in [2.05, 4.69) is 10.3 Å². The van der Waals surface area contributed by atoms with Crippen molar-refractivity contribution in [3.8, 4) is 23.1 Å². The predicted octanol–water partition coefficient (Wildman–Crippen LogP) is 2.85. The number of hydrogen-bond acceptors (Lipinski definition) is 6. The van der Waals surface area contributed by atoms with E-state index in [-0.39, 0.29) is 16.2 Å². The molecule has 7 nitrogen and oxygen atoms in total. The minimum atomic E-state index is -0.456. The van der Waals surface area contributed by atoms with Crippen LogP contribution in [0.4, 0.5) is 0 Å². The van der Waals surface area contributed by atoms with Crippen LogP contribution in [0.25, 0.3) is 5.69 Å². The molecule has 0 saturated carbocycles. The Hall–Kier alpha value is -3.10. The van der Waals surface area contributed by atoms with Crippen LogP contribution in [0.2, 0.25) is 0 Å². The molecule has 0 radical (unpaired) electrons. The number of nitrogens with zero attached hydrogens (tertiary/aromatic N) is 1. The molecule has 1 aliphatic rings. The summed E-state index contributed by atoms with van der Waals surface area (Å²) in [6.45, 7) is 0.693. The molecule has 1 atom stereocenters. The van der Waals surface area contributed by atoms with Gasteiger partial charge in [0.05, 0.1) is 31.5 Å². The molecule has 1 aliphatic heterocycles. The first-order valence-electron chi connectivity index (χ1n) is 9.17. The molecule has 1 aromatic heterocycles. The number of ether oxygens (including phenoxy) is 2. The van der Waals surface area contributed by atoms with E-state index in [9.17, 15) is 9.90 Å². The maximum absolute atomic E-state index is 12.8. The number of benzene rings is 2. The molecule has 3 N–H and O–H groups in total. The van der Waals surface area contributed by atoms with Crippen molar-refractivity contribution in [2.45, 2.75) is 12.5 Å². The van der Waals surface area contributed by atoms with Crippen molar-refractivity contribution in [3.05, 3.63) is 74.3 Å². The molecule has 0 bridgehead atoms. The maximum Gasteiger partial charge on any atom is 0.260 e. The third-order valence-electron chi connectivity index (χ3n) is 5.15. The van der Waals surface area contributed by atoms with Gasteiger partial charge in [-0.15, -0.1) is 0 Å². The largest absolute Gasteiger partial charge is 0.497 e. The molecule has 4 rings (SSSR count). The van der Waals surface area contributed by atoms with E-state index in [1.165, 1.54) is 11.7 Å². The summed E-state index contributed by atoms with van der Waals surface area (Å²) in [5.74, 6) is 0.808. The monoisotopic (exact) mass is 411 g/mol. The Labute approximate surface area is 172 Å². The Kier molecular flexibility index (Phi) is 5.12. The Balaban J connectivity index is 1.97. The summed E-state index contributed by atoms with van der Waals surface area (Å²) in [5, 5.41) is 14.5. The van der Waals surface area contributed by atoms with Crippen molar-refractivity contribution in [1.82, 2.24) is 14.9 Å². The zero-order valence-electron chi connectivity index (χ0n) is 16.1. The van der Waals surface area contributed by atoms with Crippen LogP contribution in [-0.4, -0.2) is 35.4 Å². The molecule has 8 heteroatoms. The first-order chi connectivity index (χ1) is 14.0. The third-order valence-corrected chi connectivity index (χ3v) is 5.43. The molecule has 2 heterocycles. The van der Waals surface area contributed by atoms with E-state index >= 15 is 0 Å². The van der Waals surface area contributed by atoms with Crippen LogP contribution in [-0.2, 0) is 6.42 Å². The topological polar surface area (TPSA) is 88.5 Å². The molecule has 0 amide bonds. The second kappa shape index (κ2) is 7.73. The van der Waals surface area contributed by atoms with Crippen molar-refractivity contribution < 1.29 is 14.6 Å². The average Bonchev–Trinajstić information content (AvgIpc) is 2.73. The number of nitrogens with one attached hydrogen (secondary N) is 2. The van der Waals surface area contributed by atoms with Crippen LogP contribution < -0.4 is 20.3 Å². The number of aromatic amines is 1. The molecule has 0 fully saturated rings. The van der Waals surface area contributed by atoms with Crippen molar-refractivity contribution >= 4 is 12.2 Å². The molecule has 3 aromatic rings. The van der Waals surface area contributed by atoms with Crippen molar-refractivity contribution in [1.29, 1.82) is 0 Å². The molecule has 0 spiro atoms. The first kappa shape index (κ1) is 19.2. The van der Waals surface area contributed by atoms with Crippen molar-refractivity contribution in [2.75, 3.05) is 20.8 Å². The van der Waals surface area contributed by atoms with Gasteiger partial charge in [0.2, 0.25) is 5.88 Å². The summed E-state index contributed by atoms with van der Waals surface area (Å²) in [7, 11) is 3.07. The van der Waals surface area contributed by atoms with Gasteiger partial charge in [-0.1, -0.05) is 24.3 Å². The fourth-order valence-electron chi connectivity index (χ4n) is 3.76. The van der Waals surface area contributed by atoms with Crippen LogP contribution in [0.5, 0.6) is 17.4 Å². The van der Waals surface area contributed by atoms with Gasteiger partial charge in [0.25, 0.3) is 5.56 Å². The Morgan fingerprint density at radius 3 is 2.72 bits per heavy atom. The fraction of sp³-hybridized carbons (Fsp3) is 0.238. The highest BCUT2D eigenvalue weighted by molar-refractivity contribution is 7.71. The second-order valence-corrected chi connectivity index (χ2v) is 7.09. The van der Waals surface area contributed by atoms with Crippen molar-refractivity contribution in [2.24, 2.45) is 0 Å². The summed E-state index contributed by atoms with van der Waals surface area (Å²) >= 11 is 5.37. The van der Waals surface area contributed by atoms with Gasteiger partial charge in [-0.3, -0.25) is 14.3 Å². The van der Waals surface area contributed by atoms with E-state index in [0.717, 1.165) is 17.5 Å². The average molecular weight is 411 g/mol. The summed E-state index contributed by atoms with van der Waals surface area (Å²) in [6, 6.07) is 12.6. The predicted molar refractivity (Wildman–Crippen MR) is 112 cm³/mol. The third kappa shape index (κ3) is 3.30. The zero-order chi connectivity index (χ0) is 20.5. The molecular weight excluding hydrogens is 390 g/mol. The number of fused-ring (bicyclic) bond motifs is 1. The van der Waals surface area contributed by atoms with E-state index in [1.54, 1.807) is 25.3 Å². The standard InChI is InChI=1S/C21H21N3O4S/c1-27-13-7-8-16(28-2)15(11-13)24-20(26)17(19(25)23-21(24)29)18-14-6-4-3-5-12(14)9-10-22-18/h3-8,11,18,22,26H,9-10H2,1-2H3,(H,23,25,29). The minimum Gasteiger partial charge on any atom is -0.497 e. The minimum absolute atomic E-state index is 0.0619. The highest BCUT2D eigenvalue weighted by Gasteiger charge is 2.28. The van der Waals surface area contributed by atoms with Gasteiger partial charge in [0.15, 0.2) is 4.77 Å². The number of aromatic hydroxyl groups is 1. The summed E-state index contributed by atoms with van der Waals surface area (Å²) in [4.78, 5) is 15.5. The number of rotatable bonds is 4. The lowest BCUT2D eigenvalue weighted by atomic mass is 9.90. The zero-order valence-corrected chi connectivity index (χ0v) is 16.9. The van der Waals surface area contributed by atoms with E-state index < -0.39 is 11.6 Å². The fourth-order valence-corrected chi connectivity index (χ4v) is 4.03. The van der Waals surface area contributed by atoms with Gasteiger partial charge in [0.1, 0.15) is 11.5 Å². The summed E-state index contributed by atoms with van der Waals surface area (Å²) in [5.41, 5.74) is 2.34. The normalized spacial score (nSPS) is 15.6. The Morgan fingerprint density at radius 2 is 1.97 bits per heavy atom. The van der Waals surface area contributed by atoms with Crippen LogP contribution >= 0.6 is 12.2 Å². The van der Waals surface area contributed by atoms with Crippen LogP contribution in [0.3, 0.4) is 0 Å². The van der Waals surface area contributed by atoms with Gasteiger partial charge >= 0.3 is 0 Å². The Morgan fingerprint density at radius 1 is 1.17 bits per heavy atom. The molecule has 150 valence electrons. The lowest BCUT2D eigenvalue weighted by Crippen LogP contribution is -2.35. The van der Waals surface area contributed by atoms with Crippen molar-refractivity contribution in [3.63, 3.8) is 0 Å². The molecule has 1 unspecified atom stereocenters. The highest BCUT2D eigenvalue weighted by Crippen LogP contribution is 2.35. The molecule has 0 aliphatic carbocycles. The highest BCUT2D eigenvalue weighted by atomic mass is 32.1. The van der Waals surface area contributed by atoms with Gasteiger partial charge in [-0.25, -0.2) is 0 Å². The number of aromatic nitrogens is 2. The molecule has 2 aromatic carbocycles. The van der Waals surface area contributed by atoms with Crippen LogP contribution in [0.1, 0.15) is 22.7 Å². The lowest BCUT2D eigenvalue weighted by Gasteiger charge is -2.28. The molecule has 29 heavy (non-hydrogen) atoms. The van der Waals surface area contributed by atoms with Crippen LogP contribution in [0, 0.1) is 4.77 Å². The van der Waals surface area contributed by atoms with Gasteiger partial charge in [0, 0.05) is 12.6 Å². The molecule has 0 saturated heterocycles. The SMILES string of the molecule is COc1ccc(OC)c(-n2c(O)c(C3NCCc4ccccc43)c(=O)[nH]c2=S)c1. The Bertz CT molecular complexity index is 1190. The lowest BCUT2D eigenvalue weighted by molar-refractivity contribution is 0.390. The van der Waals surface area contributed by atoms with Crippen LogP contribution in [0.15, 0.2) is 47.3 Å². The molecular formula is C21H21N3O4S. The van der Waals surface area contributed by atoms with Gasteiger partial charge < -0.3 is 19.9 Å². The summed E-state index contributed by atoms with van der Waals surface area (Å²) < 4.78 is 12.2. The maximum atomic E-state index is 12.8. The van der Waals surface area contributed by atoms with E-state index in [4.69, 9.17) is 21.7 Å². The van der Waals surface area contributed by atoms with Gasteiger partial charge in [-0.2, -0.15) is 0 Å². The second-order valence-electron chi connectivity index (χ2n) is 6.71. The quantitative estimate of drug-likeness (QED) is 0.572. The smallest absolute Gasteiger partial charge is 0.260 e. The number of H-pyrrole nitrogens is 1. The number of methoxy groups -OCH3 is 2. The number of hydrogen-bond donors (Lipinski definition) is 3. The van der Waals surface area contributed by atoms with E-state index in [0.29, 0.717) is 23.7 Å². The van der Waals surface area contributed by atoms with E-state index in [1.807, 2.05) is 24.3 Å². The summed E-state index contributed by atoms with van der Waals surface area (Å²) in [6.07, 6.45) is 0.855. The van der Waals surface area contributed by atoms with Gasteiger partial charge in [-0.05, 0) is 41.9 Å².